The second-order valence-corrected chi connectivity index (χ2v) is 5.17. The number of nitrogens with one attached hydrogen (secondary N) is 1. The minimum Gasteiger partial charge on any atom is -0.464 e. The lowest BCUT2D eigenvalue weighted by Gasteiger charge is -2.14. The molecule has 3 rings (SSSR count). The number of carbonyl (C=O) groups excluding carboxylic acids is 1. The summed E-state index contributed by atoms with van der Waals surface area (Å²) >= 11 is 0. The molecule has 1 heterocycles. The molecular formula is C18H16FNO3. The Morgan fingerprint density at radius 1 is 1.09 bits per heavy atom. The van der Waals surface area contributed by atoms with Gasteiger partial charge in [-0.25, -0.2) is 9.18 Å². The summed E-state index contributed by atoms with van der Waals surface area (Å²) in [5.41, 5.74) is 1.54. The Bertz CT molecular complexity index is 723. The van der Waals surface area contributed by atoms with Gasteiger partial charge in [0.15, 0.2) is 0 Å². The Morgan fingerprint density at radius 2 is 1.70 bits per heavy atom. The van der Waals surface area contributed by atoms with Gasteiger partial charge in [-0.2, -0.15) is 0 Å². The Morgan fingerprint density at radius 3 is 2.30 bits per heavy atom. The molecule has 2 aromatic rings. The minimum atomic E-state index is -0.358. The van der Waals surface area contributed by atoms with Gasteiger partial charge in [0.2, 0.25) is 0 Å². The standard InChI is InChI=1S/C18H16FNO3/c1-22-18(21)17-11-10-16(20-17)12-2-6-14(7-3-12)23-15-8-4-13(19)5-9-15/h2-9,11,16,20H,10H2,1H3. The second-order valence-electron chi connectivity index (χ2n) is 5.17. The molecule has 1 N–H and O–H groups in total. The van der Waals surface area contributed by atoms with E-state index in [1.54, 1.807) is 12.1 Å². The SMILES string of the molecule is COC(=O)C1=CCC(c2ccc(Oc3ccc(F)cc3)cc2)N1. The van der Waals surface area contributed by atoms with Gasteiger partial charge in [-0.05, 0) is 48.4 Å². The van der Waals surface area contributed by atoms with Gasteiger partial charge in [0.25, 0.3) is 0 Å². The molecule has 1 aliphatic rings. The van der Waals surface area contributed by atoms with E-state index < -0.39 is 0 Å². The maximum Gasteiger partial charge on any atom is 0.353 e. The lowest BCUT2D eigenvalue weighted by atomic mass is 10.1. The molecule has 0 saturated heterocycles. The summed E-state index contributed by atoms with van der Waals surface area (Å²) in [5.74, 6) is 0.588. The molecule has 118 valence electrons. The van der Waals surface area contributed by atoms with Crippen LogP contribution in [-0.4, -0.2) is 13.1 Å². The van der Waals surface area contributed by atoms with Crippen LogP contribution in [0.25, 0.3) is 0 Å². The molecule has 1 unspecified atom stereocenters. The van der Waals surface area contributed by atoms with Gasteiger partial charge in [-0.15, -0.1) is 0 Å². The summed E-state index contributed by atoms with van der Waals surface area (Å²) < 4.78 is 23.2. The van der Waals surface area contributed by atoms with E-state index in [2.05, 4.69) is 5.32 Å². The molecule has 4 nitrogen and oxygen atoms in total. The van der Waals surface area contributed by atoms with Crippen LogP contribution in [0.5, 0.6) is 11.5 Å². The van der Waals surface area contributed by atoms with E-state index in [4.69, 9.17) is 9.47 Å². The van der Waals surface area contributed by atoms with E-state index in [0.29, 0.717) is 17.2 Å². The smallest absolute Gasteiger partial charge is 0.353 e. The zero-order chi connectivity index (χ0) is 16.2. The van der Waals surface area contributed by atoms with Gasteiger partial charge >= 0.3 is 5.97 Å². The van der Waals surface area contributed by atoms with Crippen molar-refractivity contribution >= 4 is 5.97 Å². The first-order chi connectivity index (χ1) is 11.2. The van der Waals surface area contributed by atoms with Crippen molar-refractivity contribution in [2.75, 3.05) is 7.11 Å². The predicted octanol–water partition coefficient (Wildman–Crippen LogP) is 3.71. The molecule has 0 fully saturated rings. The van der Waals surface area contributed by atoms with E-state index in [0.717, 1.165) is 12.0 Å². The highest BCUT2D eigenvalue weighted by atomic mass is 19.1. The van der Waals surface area contributed by atoms with Gasteiger partial charge in [0, 0.05) is 0 Å². The van der Waals surface area contributed by atoms with Crippen molar-refractivity contribution in [3.8, 4) is 11.5 Å². The first-order valence-corrected chi connectivity index (χ1v) is 7.24. The highest BCUT2D eigenvalue weighted by Crippen LogP contribution is 2.28. The van der Waals surface area contributed by atoms with Crippen molar-refractivity contribution in [3.63, 3.8) is 0 Å². The first kappa shape index (κ1) is 15.1. The van der Waals surface area contributed by atoms with E-state index >= 15 is 0 Å². The molecule has 0 aromatic heterocycles. The molecule has 0 aliphatic carbocycles. The Balaban J connectivity index is 1.64. The van der Waals surface area contributed by atoms with Crippen molar-refractivity contribution in [2.45, 2.75) is 12.5 Å². The number of benzene rings is 2. The summed E-state index contributed by atoms with van der Waals surface area (Å²) in [6.07, 6.45) is 2.56. The summed E-state index contributed by atoms with van der Waals surface area (Å²) in [4.78, 5) is 11.5. The topological polar surface area (TPSA) is 47.6 Å². The molecule has 0 radical (unpaired) electrons. The number of halogens is 1. The van der Waals surface area contributed by atoms with Crippen molar-refractivity contribution in [1.29, 1.82) is 0 Å². The predicted molar refractivity (Wildman–Crippen MR) is 83.5 cm³/mol. The van der Waals surface area contributed by atoms with Gasteiger partial charge in [0.1, 0.15) is 23.0 Å². The maximum atomic E-state index is 12.9. The van der Waals surface area contributed by atoms with Crippen LogP contribution in [0.4, 0.5) is 4.39 Å². The summed E-state index contributed by atoms with van der Waals surface area (Å²) in [6.45, 7) is 0. The summed E-state index contributed by atoms with van der Waals surface area (Å²) in [6, 6.07) is 13.5. The quantitative estimate of drug-likeness (QED) is 0.874. The zero-order valence-electron chi connectivity index (χ0n) is 12.6. The normalized spacial score (nSPS) is 16.4. The number of hydrogen-bond donors (Lipinski definition) is 1. The van der Waals surface area contributed by atoms with Gasteiger partial charge < -0.3 is 14.8 Å². The fraction of sp³-hybridized carbons (Fsp3) is 0.167. The highest BCUT2D eigenvalue weighted by molar-refractivity contribution is 5.88. The zero-order valence-corrected chi connectivity index (χ0v) is 12.6. The largest absolute Gasteiger partial charge is 0.464 e. The van der Waals surface area contributed by atoms with Crippen LogP contribution < -0.4 is 10.1 Å². The van der Waals surface area contributed by atoms with E-state index in [9.17, 15) is 9.18 Å². The molecule has 0 spiro atoms. The van der Waals surface area contributed by atoms with Crippen LogP contribution >= 0.6 is 0 Å². The fourth-order valence-electron chi connectivity index (χ4n) is 2.42. The molecule has 2 aromatic carbocycles. The van der Waals surface area contributed by atoms with Crippen LogP contribution in [0.1, 0.15) is 18.0 Å². The molecule has 0 saturated carbocycles. The molecule has 5 heteroatoms. The second kappa shape index (κ2) is 6.52. The third-order valence-corrected chi connectivity index (χ3v) is 3.62. The van der Waals surface area contributed by atoms with Gasteiger partial charge in [-0.1, -0.05) is 18.2 Å². The lowest BCUT2D eigenvalue weighted by Crippen LogP contribution is -2.20. The van der Waals surface area contributed by atoms with Crippen molar-refractivity contribution in [1.82, 2.24) is 5.32 Å². The lowest BCUT2D eigenvalue weighted by molar-refractivity contribution is -0.136. The average Bonchev–Trinajstić information content (AvgIpc) is 3.07. The third-order valence-electron chi connectivity index (χ3n) is 3.62. The maximum absolute atomic E-state index is 12.9. The Kier molecular flexibility index (Phi) is 4.28. The van der Waals surface area contributed by atoms with E-state index in [-0.39, 0.29) is 17.8 Å². The third kappa shape index (κ3) is 3.51. The molecule has 23 heavy (non-hydrogen) atoms. The highest BCUT2D eigenvalue weighted by Gasteiger charge is 2.22. The molecular weight excluding hydrogens is 297 g/mol. The summed E-state index contributed by atoms with van der Waals surface area (Å²) in [7, 11) is 1.36. The summed E-state index contributed by atoms with van der Waals surface area (Å²) in [5, 5.41) is 3.14. The molecule has 1 aliphatic heterocycles. The number of carbonyl (C=O) groups is 1. The first-order valence-electron chi connectivity index (χ1n) is 7.24. The number of ether oxygens (including phenoxy) is 2. The number of hydrogen-bond acceptors (Lipinski definition) is 4. The fourth-order valence-corrected chi connectivity index (χ4v) is 2.42. The Hall–Kier alpha value is -2.82. The molecule has 0 amide bonds. The average molecular weight is 313 g/mol. The molecule has 1 atom stereocenters. The van der Waals surface area contributed by atoms with E-state index in [1.807, 2.05) is 30.3 Å². The van der Waals surface area contributed by atoms with Crippen LogP contribution in [0.3, 0.4) is 0 Å². The number of rotatable bonds is 4. The van der Waals surface area contributed by atoms with Gasteiger partial charge in [0.05, 0.1) is 13.2 Å². The number of esters is 1. The van der Waals surface area contributed by atoms with Crippen molar-refractivity contribution < 1.29 is 18.7 Å². The Labute approximate surface area is 133 Å². The monoisotopic (exact) mass is 313 g/mol. The van der Waals surface area contributed by atoms with Crippen molar-refractivity contribution in [2.24, 2.45) is 0 Å². The van der Waals surface area contributed by atoms with Crippen molar-refractivity contribution in [3.05, 3.63) is 71.7 Å². The molecule has 0 bridgehead atoms. The van der Waals surface area contributed by atoms with E-state index in [1.165, 1.54) is 19.2 Å². The van der Waals surface area contributed by atoms with Crippen LogP contribution in [0, 0.1) is 5.82 Å². The van der Waals surface area contributed by atoms with Crippen LogP contribution in [0.2, 0.25) is 0 Å². The van der Waals surface area contributed by atoms with Crippen LogP contribution in [0.15, 0.2) is 60.3 Å². The number of methoxy groups -OCH3 is 1. The van der Waals surface area contributed by atoms with Crippen LogP contribution in [-0.2, 0) is 9.53 Å². The minimum absolute atomic E-state index is 0.0453. The van der Waals surface area contributed by atoms with Gasteiger partial charge in [-0.3, -0.25) is 0 Å².